The van der Waals surface area contributed by atoms with Crippen LogP contribution in [0.2, 0.25) is 0 Å². The normalized spacial score (nSPS) is 13.4. The van der Waals surface area contributed by atoms with Crippen LogP contribution < -0.4 is 11.1 Å². The zero-order chi connectivity index (χ0) is 12.1. The van der Waals surface area contributed by atoms with E-state index < -0.39 is 0 Å². The summed E-state index contributed by atoms with van der Waals surface area (Å²) < 4.78 is 0. The van der Waals surface area contributed by atoms with Crippen LogP contribution in [0.3, 0.4) is 0 Å². The van der Waals surface area contributed by atoms with Gasteiger partial charge in [-0.3, -0.25) is 4.79 Å². The monoisotopic (exact) mass is 232 g/mol. The van der Waals surface area contributed by atoms with Crippen molar-refractivity contribution in [3.05, 3.63) is 11.6 Å². The Morgan fingerprint density at radius 3 is 2.40 bits per heavy atom. The topological polar surface area (TPSA) is 55.1 Å². The van der Waals surface area contributed by atoms with Gasteiger partial charge in [0.25, 0.3) is 0 Å². The Bertz CT molecular complexity index is 233. The summed E-state index contributed by atoms with van der Waals surface area (Å²) in [6.45, 7) is 10.4. The molecule has 0 rings (SSSR count). The number of nitrogens with two attached hydrogens (primary N) is 1. The van der Waals surface area contributed by atoms with Crippen molar-refractivity contribution >= 4 is 17.5 Å². The first-order chi connectivity index (χ1) is 6.76. The van der Waals surface area contributed by atoms with Gasteiger partial charge in [0, 0.05) is 11.6 Å². The molecule has 0 bridgehead atoms. The highest BCUT2D eigenvalue weighted by Crippen LogP contribution is 2.23. The van der Waals surface area contributed by atoms with E-state index in [2.05, 4.69) is 32.7 Å². The highest BCUT2D eigenvalue weighted by atomic mass is 35.5. The van der Waals surface area contributed by atoms with Crippen molar-refractivity contribution in [2.45, 2.75) is 27.2 Å². The number of carbonyl (C=O) groups excluding carboxylic acids is 1. The van der Waals surface area contributed by atoms with Gasteiger partial charge in [0.15, 0.2) is 0 Å². The summed E-state index contributed by atoms with van der Waals surface area (Å²) in [7, 11) is 0. The molecule has 0 aliphatic rings. The van der Waals surface area contributed by atoms with Gasteiger partial charge in [0.1, 0.15) is 0 Å². The van der Waals surface area contributed by atoms with Crippen LogP contribution in [0.5, 0.6) is 0 Å². The molecule has 0 aliphatic carbocycles. The Kier molecular flexibility index (Phi) is 5.91. The van der Waals surface area contributed by atoms with E-state index in [1.165, 1.54) is 0 Å². The van der Waals surface area contributed by atoms with Crippen LogP contribution in [0.15, 0.2) is 11.6 Å². The first-order valence-electron chi connectivity index (χ1n) is 5.07. The minimum Gasteiger partial charge on any atom is -0.351 e. The first-order valence-corrected chi connectivity index (χ1v) is 5.45. The fourth-order valence-corrected chi connectivity index (χ4v) is 1.42. The SMILES string of the molecule is C=C(Cl)CNC(=O)C(CN)CC(C)(C)C. The molecule has 1 unspecified atom stereocenters. The van der Waals surface area contributed by atoms with E-state index in [0.29, 0.717) is 18.1 Å². The Morgan fingerprint density at radius 1 is 1.53 bits per heavy atom. The van der Waals surface area contributed by atoms with E-state index in [0.717, 1.165) is 6.42 Å². The second-order valence-electron chi connectivity index (χ2n) is 4.93. The lowest BCUT2D eigenvalue weighted by Gasteiger charge is -2.24. The molecule has 88 valence electrons. The van der Waals surface area contributed by atoms with Gasteiger partial charge in [-0.1, -0.05) is 39.0 Å². The van der Waals surface area contributed by atoms with Gasteiger partial charge in [0.2, 0.25) is 5.91 Å². The second-order valence-corrected chi connectivity index (χ2v) is 5.47. The van der Waals surface area contributed by atoms with E-state index in [1.54, 1.807) is 0 Å². The molecular formula is C11H21ClN2O. The lowest BCUT2D eigenvalue weighted by atomic mass is 9.84. The Hall–Kier alpha value is -0.540. The number of amides is 1. The van der Waals surface area contributed by atoms with Crippen LogP contribution in [0.1, 0.15) is 27.2 Å². The number of halogens is 1. The van der Waals surface area contributed by atoms with E-state index in [1.807, 2.05) is 0 Å². The molecule has 0 aromatic rings. The van der Waals surface area contributed by atoms with Gasteiger partial charge in [0.05, 0.1) is 12.5 Å². The maximum Gasteiger partial charge on any atom is 0.224 e. The molecule has 0 heterocycles. The van der Waals surface area contributed by atoms with Crippen molar-refractivity contribution in [2.75, 3.05) is 13.1 Å². The molecule has 1 amide bonds. The smallest absolute Gasteiger partial charge is 0.224 e. The van der Waals surface area contributed by atoms with Crippen LogP contribution >= 0.6 is 11.6 Å². The molecule has 0 saturated carbocycles. The number of nitrogens with one attached hydrogen (secondary N) is 1. The van der Waals surface area contributed by atoms with E-state index >= 15 is 0 Å². The van der Waals surface area contributed by atoms with Crippen LogP contribution in [0, 0.1) is 11.3 Å². The van der Waals surface area contributed by atoms with Crippen LogP contribution in [-0.2, 0) is 4.79 Å². The summed E-state index contributed by atoms with van der Waals surface area (Å²) in [4.78, 5) is 11.7. The summed E-state index contributed by atoms with van der Waals surface area (Å²) in [5.74, 6) is -0.199. The maximum absolute atomic E-state index is 11.7. The molecule has 15 heavy (non-hydrogen) atoms. The van der Waals surface area contributed by atoms with Crippen molar-refractivity contribution in [2.24, 2.45) is 17.1 Å². The second kappa shape index (κ2) is 6.13. The highest BCUT2D eigenvalue weighted by molar-refractivity contribution is 6.29. The minimum atomic E-state index is -0.152. The van der Waals surface area contributed by atoms with Gasteiger partial charge in [-0.15, -0.1) is 0 Å². The zero-order valence-electron chi connectivity index (χ0n) is 9.77. The lowest BCUT2D eigenvalue weighted by molar-refractivity contribution is -0.125. The Balaban J connectivity index is 4.17. The van der Waals surface area contributed by atoms with Gasteiger partial charge >= 0.3 is 0 Å². The third-order valence-electron chi connectivity index (χ3n) is 1.97. The summed E-state index contributed by atoms with van der Waals surface area (Å²) in [5.41, 5.74) is 5.67. The van der Waals surface area contributed by atoms with Gasteiger partial charge < -0.3 is 11.1 Å². The average Bonchev–Trinajstić information content (AvgIpc) is 2.08. The van der Waals surface area contributed by atoms with E-state index in [4.69, 9.17) is 17.3 Å². The maximum atomic E-state index is 11.7. The summed E-state index contributed by atoms with van der Waals surface area (Å²) >= 11 is 5.56. The third-order valence-corrected chi connectivity index (χ3v) is 2.10. The fourth-order valence-electron chi connectivity index (χ4n) is 1.35. The molecule has 0 saturated heterocycles. The van der Waals surface area contributed by atoms with Crippen molar-refractivity contribution in [3.8, 4) is 0 Å². The molecular weight excluding hydrogens is 212 g/mol. The minimum absolute atomic E-state index is 0.0470. The van der Waals surface area contributed by atoms with Crippen molar-refractivity contribution in [1.82, 2.24) is 5.32 Å². The molecule has 0 aliphatic heterocycles. The lowest BCUT2D eigenvalue weighted by Crippen LogP contribution is -2.37. The summed E-state index contributed by atoms with van der Waals surface area (Å²) in [6, 6.07) is 0. The van der Waals surface area contributed by atoms with Crippen LogP contribution in [0.25, 0.3) is 0 Å². The molecule has 3 nitrogen and oxygen atoms in total. The number of hydrogen-bond donors (Lipinski definition) is 2. The van der Waals surface area contributed by atoms with Crippen molar-refractivity contribution < 1.29 is 4.79 Å². The molecule has 0 spiro atoms. The number of rotatable bonds is 5. The standard InChI is InChI=1S/C11H21ClN2O/c1-8(12)7-14-10(15)9(6-13)5-11(2,3)4/h9H,1,5-7,13H2,2-4H3,(H,14,15). The summed E-state index contributed by atoms with van der Waals surface area (Å²) in [6.07, 6.45) is 0.768. The predicted octanol–water partition coefficient (Wildman–Crippen LogP) is 1.87. The average molecular weight is 233 g/mol. The van der Waals surface area contributed by atoms with Crippen LogP contribution in [-0.4, -0.2) is 19.0 Å². The van der Waals surface area contributed by atoms with E-state index in [9.17, 15) is 4.79 Å². The molecule has 0 aromatic heterocycles. The van der Waals surface area contributed by atoms with Gasteiger partial charge in [-0.2, -0.15) is 0 Å². The molecule has 4 heteroatoms. The van der Waals surface area contributed by atoms with Crippen molar-refractivity contribution in [3.63, 3.8) is 0 Å². The largest absolute Gasteiger partial charge is 0.351 e. The quantitative estimate of drug-likeness (QED) is 0.761. The third kappa shape index (κ3) is 7.40. The zero-order valence-corrected chi connectivity index (χ0v) is 10.5. The predicted molar refractivity (Wildman–Crippen MR) is 64.6 cm³/mol. The molecule has 0 fully saturated rings. The fraction of sp³-hybridized carbons (Fsp3) is 0.727. The van der Waals surface area contributed by atoms with E-state index in [-0.39, 0.29) is 17.2 Å². The number of hydrogen-bond acceptors (Lipinski definition) is 2. The number of carbonyl (C=O) groups is 1. The molecule has 3 N–H and O–H groups in total. The van der Waals surface area contributed by atoms with Gasteiger partial charge in [-0.25, -0.2) is 0 Å². The van der Waals surface area contributed by atoms with Gasteiger partial charge in [-0.05, 0) is 11.8 Å². The van der Waals surface area contributed by atoms with Crippen LogP contribution in [0.4, 0.5) is 0 Å². The summed E-state index contributed by atoms with van der Waals surface area (Å²) in [5, 5.41) is 3.13. The Labute approximate surface area is 97.1 Å². The van der Waals surface area contributed by atoms with Crippen molar-refractivity contribution in [1.29, 1.82) is 0 Å². The highest BCUT2D eigenvalue weighted by Gasteiger charge is 2.23. The Morgan fingerprint density at radius 2 is 2.07 bits per heavy atom. The first kappa shape index (κ1) is 14.5. The molecule has 1 atom stereocenters. The molecule has 0 aromatic carbocycles. The molecule has 0 radical (unpaired) electrons.